The molecule has 0 bridgehead atoms. The van der Waals surface area contributed by atoms with Gasteiger partial charge in [-0.3, -0.25) is 9.10 Å². The Labute approximate surface area is 175 Å². The normalized spacial score (nSPS) is 11.2. The highest BCUT2D eigenvalue weighted by Crippen LogP contribution is 2.24. The molecule has 0 aliphatic carbocycles. The van der Waals surface area contributed by atoms with E-state index in [1.165, 1.54) is 23.5 Å². The summed E-state index contributed by atoms with van der Waals surface area (Å²) in [5.41, 5.74) is 1.47. The number of hydrogen-bond acceptors (Lipinski definition) is 3. The van der Waals surface area contributed by atoms with Crippen molar-refractivity contribution in [3.63, 3.8) is 0 Å². The number of amides is 1. The maximum atomic E-state index is 13.0. The van der Waals surface area contributed by atoms with Gasteiger partial charge < -0.3 is 5.32 Å². The molecule has 30 heavy (non-hydrogen) atoms. The summed E-state index contributed by atoms with van der Waals surface area (Å²) in [6, 6.07) is 28.3. The average Bonchev–Trinajstić information content (AvgIpc) is 2.79. The Bertz CT molecular complexity index is 1320. The van der Waals surface area contributed by atoms with Gasteiger partial charge >= 0.3 is 0 Å². The standard InChI is InChI=1S/C24H20N2O3S/c1-26(22-11-3-2-4-12-22)30(28,29)23-13-7-10-21(17-23)25-24(27)20-15-14-18-8-5-6-9-19(18)16-20/h2-17H,1H3,(H,25,27). The first-order valence-electron chi connectivity index (χ1n) is 9.39. The van der Waals surface area contributed by atoms with E-state index in [1.54, 1.807) is 42.5 Å². The lowest BCUT2D eigenvalue weighted by molar-refractivity contribution is 0.102. The minimum Gasteiger partial charge on any atom is -0.322 e. The lowest BCUT2D eigenvalue weighted by atomic mass is 10.1. The molecule has 0 fully saturated rings. The highest BCUT2D eigenvalue weighted by atomic mass is 32.2. The molecule has 4 rings (SSSR count). The van der Waals surface area contributed by atoms with Gasteiger partial charge in [-0.15, -0.1) is 0 Å². The first-order valence-corrected chi connectivity index (χ1v) is 10.8. The third-order valence-corrected chi connectivity index (χ3v) is 6.66. The molecule has 0 saturated carbocycles. The lowest BCUT2D eigenvalue weighted by Crippen LogP contribution is -2.26. The third kappa shape index (κ3) is 3.90. The van der Waals surface area contributed by atoms with Crippen molar-refractivity contribution in [3.8, 4) is 0 Å². The van der Waals surface area contributed by atoms with E-state index in [2.05, 4.69) is 5.32 Å². The molecular weight excluding hydrogens is 396 g/mol. The average molecular weight is 417 g/mol. The molecule has 5 nitrogen and oxygen atoms in total. The molecule has 0 unspecified atom stereocenters. The number of fused-ring (bicyclic) bond motifs is 1. The van der Waals surface area contributed by atoms with Crippen LogP contribution in [0.4, 0.5) is 11.4 Å². The number of hydrogen-bond donors (Lipinski definition) is 1. The van der Waals surface area contributed by atoms with Gasteiger partial charge in [0, 0.05) is 18.3 Å². The van der Waals surface area contributed by atoms with Crippen molar-refractivity contribution >= 4 is 38.1 Å². The maximum Gasteiger partial charge on any atom is 0.264 e. The SMILES string of the molecule is CN(c1ccccc1)S(=O)(=O)c1cccc(NC(=O)c2ccc3ccccc3c2)c1. The van der Waals surface area contributed by atoms with E-state index in [1.807, 2.05) is 42.5 Å². The van der Waals surface area contributed by atoms with Crippen LogP contribution >= 0.6 is 0 Å². The molecular formula is C24H20N2O3S. The van der Waals surface area contributed by atoms with Gasteiger partial charge in [0.15, 0.2) is 0 Å². The number of nitrogens with zero attached hydrogens (tertiary/aromatic N) is 1. The second kappa shape index (κ2) is 8.00. The van der Waals surface area contributed by atoms with Crippen LogP contribution in [0.3, 0.4) is 0 Å². The molecule has 1 amide bonds. The van der Waals surface area contributed by atoms with Crippen molar-refractivity contribution in [2.75, 3.05) is 16.7 Å². The van der Waals surface area contributed by atoms with E-state index in [0.717, 1.165) is 10.8 Å². The number of carbonyl (C=O) groups excluding carboxylic acids is 1. The zero-order valence-corrected chi connectivity index (χ0v) is 17.1. The molecule has 1 N–H and O–H groups in total. The summed E-state index contributed by atoms with van der Waals surface area (Å²) in [6.45, 7) is 0. The van der Waals surface area contributed by atoms with Crippen molar-refractivity contribution in [1.82, 2.24) is 0 Å². The van der Waals surface area contributed by atoms with Crippen LogP contribution in [0.1, 0.15) is 10.4 Å². The highest BCUT2D eigenvalue weighted by molar-refractivity contribution is 7.92. The molecule has 0 aromatic heterocycles. The van der Waals surface area contributed by atoms with Crippen LogP contribution in [0.2, 0.25) is 0 Å². The van der Waals surface area contributed by atoms with Crippen LogP contribution in [-0.4, -0.2) is 21.4 Å². The number of sulfonamides is 1. The highest BCUT2D eigenvalue weighted by Gasteiger charge is 2.21. The van der Waals surface area contributed by atoms with E-state index < -0.39 is 10.0 Å². The fourth-order valence-corrected chi connectivity index (χ4v) is 4.44. The number of benzene rings is 4. The van der Waals surface area contributed by atoms with E-state index in [4.69, 9.17) is 0 Å². The van der Waals surface area contributed by atoms with Crippen LogP contribution in [0.25, 0.3) is 10.8 Å². The number of nitrogens with one attached hydrogen (secondary N) is 1. The molecule has 0 saturated heterocycles. The van der Waals surface area contributed by atoms with Gasteiger partial charge in [0.1, 0.15) is 0 Å². The molecule has 0 radical (unpaired) electrons. The van der Waals surface area contributed by atoms with Crippen LogP contribution in [0.5, 0.6) is 0 Å². The first kappa shape index (κ1) is 19.7. The number of rotatable bonds is 5. The van der Waals surface area contributed by atoms with Crippen LogP contribution in [-0.2, 0) is 10.0 Å². The smallest absolute Gasteiger partial charge is 0.264 e. The van der Waals surface area contributed by atoms with E-state index in [0.29, 0.717) is 16.9 Å². The zero-order valence-electron chi connectivity index (χ0n) is 16.3. The quantitative estimate of drug-likeness (QED) is 0.502. The molecule has 4 aromatic rings. The zero-order chi connectivity index (χ0) is 21.1. The number of anilines is 2. The summed E-state index contributed by atoms with van der Waals surface area (Å²) in [5.74, 6) is -0.299. The van der Waals surface area contributed by atoms with Gasteiger partial charge in [-0.2, -0.15) is 0 Å². The predicted molar refractivity (Wildman–Crippen MR) is 120 cm³/mol. The Morgan fingerprint density at radius 1 is 0.767 bits per heavy atom. The van der Waals surface area contributed by atoms with Crippen LogP contribution < -0.4 is 9.62 Å². The summed E-state index contributed by atoms with van der Waals surface area (Å²) < 4.78 is 27.2. The van der Waals surface area contributed by atoms with Crippen molar-refractivity contribution in [2.45, 2.75) is 4.90 Å². The minimum absolute atomic E-state index is 0.102. The van der Waals surface area contributed by atoms with Gasteiger partial charge in [-0.1, -0.05) is 54.6 Å². The topological polar surface area (TPSA) is 66.5 Å². The van der Waals surface area contributed by atoms with Gasteiger partial charge in [0.05, 0.1) is 10.6 Å². The summed E-state index contributed by atoms with van der Waals surface area (Å²) in [5, 5.41) is 4.80. The first-order chi connectivity index (χ1) is 14.4. The second-order valence-electron chi connectivity index (χ2n) is 6.85. The van der Waals surface area contributed by atoms with E-state index in [-0.39, 0.29) is 10.8 Å². The molecule has 0 spiro atoms. The third-order valence-electron chi connectivity index (χ3n) is 4.88. The Morgan fingerprint density at radius 3 is 2.23 bits per heavy atom. The Morgan fingerprint density at radius 2 is 1.47 bits per heavy atom. The molecule has 0 aliphatic heterocycles. The van der Waals surface area contributed by atoms with Gasteiger partial charge in [-0.25, -0.2) is 8.42 Å². The van der Waals surface area contributed by atoms with E-state index in [9.17, 15) is 13.2 Å². The van der Waals surface area contributed by atoms with Crippen molar-refractivity contribution < 1.29 is 13.2 Å². The summed E-state index contributed by atoms with van der Waals surface area (Å²) in [4.78, 5) is 12.8. The summed E-state index contributed by atoms with van der Waals surface area (Å²) in [6.07, 6.45) is 0. The largest absolute Gasteiger partial charge is 0.322 e. The van der Waals surface area contributed by atoms with Crippen LogP contribution in [0.15, 0.2) is 102 Å². The van der Waals surface area contributed by atoms with Crippen LogP contribution in [0, 0.1) is 0 Å². The molecule has 0 atom stereocenters. The van der Waals surface area contributed by atoms with E-state index >= 15 is 0 Å². The number of carbonyl (C=O) groups is 1. The minimum atomic E-state index is -3.76. The monoisotopic (exact) mass is 416 g/mol. The van der Waals surface area contributed by atoms with Crippen molar-refractivity contribution in [3.05, 3.63) is 103 Å². The number of para-hydroxylation sites is 1. The summed E-state index contributed by atoms with van der Waals surface area (Å²) in [7, 11) is -2.26. The van der Waals surface area contributed by atoms with Gasteiger partial charge in [0.25, 0.3) is 15.9 Å². The van der Waals surface area contributed by atoms with Crippen molar-refractivity contribution in [2.24, 2.45) is 0 Å². The van der Waals surface area contributed by atoms with Crippen molar-refractivity contribution in [1.29, 1.82) is 0 Å². The fraction of sp³-hybridized carbons (Fsp3) is 0.0417. The molecule has 6 heteroatoms. The Hall–Kier alpha value is -3.64. The van der Waals surface area contributed by atoms with Gasteiger partial charge in [-0.05, 0) is 53.2 Å². The lowest BCUT2D eigenvalue weighted by Gasteiger charge is -2.20. The Kier molecular flexibility index (Phi) is 5.25. The maximum absolute atomic E-state index is 13.0. The Balaban J connectivity index is 1.59. The molecule has 4 aromatic carbocycles. The predicted octanol–water partition coefficient (Wildman–Crippen LogP) is 4.92. The summed E-state index contributed by atoms with van der Waals surface area (Å²) >= 11 is 0. The second-order valence-corrected chi connectivity index (χ2v) is 8.82. The molecule has 150 valence electrons. The van der Waals surface area contributed by atoms with Gasteiger partial charge in [0.2, 0.25) is 0 Å². The molecule has 0 heterocycles. The fourth-order valence-electron chi connectivity index (χ4n) is 3.20. The molecule has 0 aliphatic rings.